The molecule has 4 atom stereocenters. The third-order valence-corrected chi connectivity index (χ3v) is 5.65. The Balaban J connectivity index is 1.93. The van der Waals surface area contributed by atoms with Gasteiger partial charge in [-0.25, -0.2) is 0 Å². The van der Waals surface area contributed by atoms with Crippen molar-refractivity contribution in [3.8, 4) is 0 Å². The fourth-order valence-corrected chi connectivity index (χ4v) is 4.63. The third kappa shape index (κ3) is 4.21. The number of hydrogen-bond donors (Lipinski definition) is 1. The molecule has 112 valence electrons. The van der Waals surface area contributed by atoms with Crippen LogP contribution in [0.2, 0.25) is 0 Å². The molecule has 4 unspecified atom stereocenters. The second-order valence-corrected chi connectivity index (χ2v) is 8.10. The highest BCUT2D eigenvalue weighted by atomic mass is 14.9. The zero-order valence-electron chi connectivity index (χ0n) is 13.7. The van der Waals surface area contributed by atoms with E-state index in [9.17, 15) is 0 Å². The van der Waals surface area contributed by atoms with Crippen LogP contribution in [0.25, 0.3) is 0 Å². The molecule has 0 aromatic heterocycles. The molecule has 0 amide bonds. The quantitative estimate of drug-likeness (QED) is 0.753. The van der Waals surface area contributed by atoms with Gasteiger partial charge < -0.3 is 5.32 Å². The molecule has 2 rings (SSSR count). The summed E-state index contributed by atoms with van der Waals surface area (Å²) in [5, 5.41) is 3.77. The van der Waals surface area contributed by atoms with Crippen LogP contribution in [0.1, 0.15) is 79.1 Å². The van der Waals surface area contributed by atoms with Crippen molar-refractivity contribution in [2.24, 2.45) is 23.7 Å². The van der Waals surface area contributed by atoms with Gasteiger partial charge in [0.2, 0.25) is 0 Å². The van der Waals surface area contributed by atoms with E-state index in [0.717, 1.165) is 23.7 Å². The van der Waals surface area contributed by atoms with Crippen LogP contribution in [0.4, 0.5) is 0 Å². The fourth-order valence-electron chi connectivity index (χ4n) is 4.63. The van der Waals surface area contributed by atoms with Crippen LogP contribution < -0.4 is 5.32 Å². The minimum Gasteiger partial charge on any atom is -0.312 e. The van der Waals surface area contributed by atoms with Crippen LogP contribution in [0.15, 0.2) is 0 Å². The first-order chi connectivity index (χ1) is 9.01. The number of rotatable bonds is 4. The van der Waals surface area contributed by atoms with E-state index in [4.69, 9.17) is 0 Å². The van der Waals surface area contributed by atoms with Gasteiger partial charge in [0.25, 0.3) is 0 Å². The van der Waals surface area contributed by atoms with Gasteiger partial charge in [0, 0.05) is 5.54 Å². The van der Waals surface area contributed by atoms with Crippen LogP contribution in [0.5, 0.6) is 0 Å². The smallest absolute Gasteiger partial charge is 0.00966 e. The molecule has 1 nitrogen and oxygen atoms in total. The summed E-state index contributed by atoms with van der Waals surface area (Å²) in [6.07, 6.45) is 11.9. The third-order valence-electron chi connectivity index (χ3n) is 5.65. The molecule has 0 aliphatic heterocycles. The average Bonchev–Trinajstić information content (AvgIpc) is 2.83. The van der Waals surface area contributed by atoms with E-state index in [0.29, 0.717) is 0 Å². The maximum atomic E-state index is 3.77. The van der Waals surface area contributed by atoms with Crippen molar-refractivity contribution in [3.05, 3.63) is 0 Å². The van der Waals surface area contributed by atoms with Gasteiger partial charge >= 0.3 is 0 Å². The predicted molar refractivity (Wildman–Crippen MR) is 84.3 cm³/mol. The predicted octanol–water partition coefficient (Wildman–Crippen LogP) is 5.01. The van der Waals surface area contributed by atoms with Crippen LogP contribution in [-0.2, 0) is 0 Å². The van der Waals surface area contributed by atoms with Crippen LogP contribution in [0.3, 0.4) is 0 Å². The zero-order valence-corrected chi connectivity index (χ0v) is 13.7. The van der Waals surface area contributed by atoms with Gasteiger partial charge in [0.15, 0.2) is 0 Å². The lowest BCUT2D eigenvalue weighted by Gasteiger charge is -2.38. The van der Waals surface area contributed by atoms with Crippen molar-refractivity contribution in [2.45, 2.75) is 84.6 Å². The highest BCUT2D eigenvalue weighted by molar-refractivity contribution is 4.89. The van der Waals surface area contributed by atoms with E-state index in [-0.39, 0.29) is 5.54 Å². The molecule has 0 spiro atoms. The van der Waals surface area contributed by atoms with Crippen molar-refractivity contribution in [3.63, 3.8) is 0 Å². The van der Waals surface area contributed by atoms with E-state index < -0.39 is 0 Å². The van der Waals surface area contributed by atoms with Crippen LogP contribution in [0, 0.1) is 23.7 Å². The molecular formula is C18H35N. The normalized spacial score (nSPS) is 36.6. The topological polar surface area (TPSA) is 12.0 Å². The van der Waals surface area contributed by atoms with Gasteiger partial charge in [0.05, 0.1) is 0 Å². The Morgan fingerprint density at radius 3 is 2.11 bits per heavy atom. The molecule has 1 N–H and O–H groups in total. The fraction of sp³-hybridized carbons (Fsp3) is 1.00. The van der Waals surface area contributed by atoms with E-state index in [2.05, 4.69) is 33.0 Å². The maximum absolute atomic E-state index is 3.77. The van der Waals surface area contributed by atoms with Crippen molar-refractivity contribution < 1.29 is 0 Å². The van der Waals surface area contributed by atoms with E-state index in [1.165, 1.54) is 57.9 Å². The molecule has 2 aliphatic carbocycles. The molecule has 0 aromatic carbocycles. The summed E-state index contributed by atoms with van der Waals surface area (Å²) in [4.78, 5) is 0. The van der Waals surface area contributed by atoms with Gasteiger partial charge in [-0.15, -0.1) is 0 Å². The summed E-state index contributed by atoms with van der Waals surface area (Å²) in [5.41, 5.74) is 0.282. The van der Waals surface area contributed by atoms with E-state index in [1.54, 1.807) is 0 Å². The van der Waals surface area contributed by atoms with Crippen LogP contribution in [-0.4, -0.2) is 12.1 Å². The number of nitrogens with one attached hydrogen (secondary N) is 1. The first kappa shape index (κ1) is 15.4. The Labute approximate surface area is 120 Å². The largest absolute Gasteiger partial charge is 0.312 e. The second kappa shape index (κ2) is 6.61. The van der Waals surface area contributed by atoms with Gasteiger partial charge in [-0.3, -0.25) is 0 Å². The number of hydrogen-bond acceptors (Lipinski definition) is 1. The summed E-state index contributed by atoms with van der Waals surface area (Å²) >= 11 is 0. The van der Waals surface area contributed by atoms with Gasteiger partial charge in [-0.2, -0.15) is 0 Å². The Hall–Kier alpha value is -0.0400. The molecule has 0 heterocycles. The van der Waals surface area contributed by atoms with Crippen molar-refractivity contribution in [1.29, 1.82) is 0 Å². The van der Waals surface area contributed by atoms with Crippen molar-refractivity contribution >= 4 is 0 Å². The Bertz CT molecular complexity index is 265. The molecule has 2 aliphatic rings. The van der Waals surface area contributed by atoms with Crippen molar-refractivity contribution in [1.82, 2.24) is 5.32 Å². The van der Waals surface area contributed by atoms with E-state index >= 15 is 0 Å². The first-order valence-corrected chi connectivity index (χ1v) is 8.76. The molecule has 2 fully saturated rings. The highest BCUT2D eigenvalue weighted by Crippen LogP contribution is 2.46. The summed E-state index contributed by atoms with van der Waals surface area (Å²) in [6.45, 7) is 10.6. The maximum Gasteiger partial charge on any atom is 0.00966 e. The lowest BCUT2D eigenvalue weighted by Crippen LogP contribution is -2.41. The molecule has 2 saturated carbocycles. The first-order valence-electron chi connectivity index (χ1n) is 8.76. The van der Waals surface area contributed by atoms with Crippen molar-refractivity contribution in [2.75, 3.05) is 6.54 Å². The van der Waals surface area contributed by atoms with Gasteiger partial charge in [-0.1, -0.05) is 39.0 Å². The zero-order chi connectivity index (χ0) is 13.9. The standard InChI is InChI=1S/C18H35N/c1-5-14-9-6-7-11-16(14)17-12-8-10-15(17)13-19-18(2,3)4/h14-17,19H,5-13H2,1-4H3. The molecule has 19 heavy (non-hydrogen) atoms. The minimum atomic E-state index is 0.282. The van der Waals surface area contributed by atoms with E-state index in [1.807, 2.05) is 0 Å². The Morgan fingerprint density at radius 2 is 1.42 bits per heavy atom. The SMILES string of the molecule is CCC1CCCCC1C1CCCC1CNC(C)(C)C. The van der Waals surface area contributed by atoms with Gasteiger partial charge in [0.1, 0.15) is 0 Å². The van der Waals surface area contributed by atoms with Gasteiger partial charge in [-0.05, 0) is 70.3 Å². The summed E-state index contributed by atoms with van der Waals surface area (Å²) in [6, 6.07) is 0. The summed E-state index contributed by atoms with van der Waals surface area (Å²) in [7, 11) is 0. The molecule has 0 saturated heterocycles. The molecule has 0 bridgehead atoms. The summed E-state index contributed by atoms with van der Waals surface area (Å²) < 4.78 is 0. The second-order valence-electron chi connectivity index (χ2n) is 8.10. The highest BCUT2D eigenvalue weighted by Gasteiger charge is 2.38. The Kier molecular flexibility index (Phi) is 5.34. The lowest BCUT2D eigenvalue weighted by molar-refractivity contribution is 0.123. The summed E-state index contributed by atoms with van der Waals surface area (Å²) in [5.74, 6) is 4.07. The molecule has 0 radical (unpaired) electrons. The molecular weight excluding hydrogens is 230 g/mol. The molecule has 0 aromatic rings. The average molecular weight is 265 g/mol. The lowest BCUT2D eigenvalue weighted by atomic mass is 9.68. The minimum absolute atomic E-state index is 0.282. The van der Waals surface area contributed by atoms with Crippen LogP contribution >= 0.6 is 0 Å². The monoisotopic (exact) mass is 265 g/mol. The molecule has 1 heteroatoms. The Morgan fingerprint density at radius 1 is 0.842 bits per heavy atom.